The van der Waals surface area contributed by atoms with Crippen molar-refractivity contribution in [2.45, 2.75) is 31.5 Å². The van der Waals surface area contributed by atoms with Crippen LogP contribution in [0.5, 0.6) is 5.75 Å². The number of amides is 1. The van der Waals surface area contributed by atoms with Crippen LogP contribution in [-0.4, -0.2) is 64.9 Å². The number of cyclic esters (lactones) is 1. The molecule has 2 atom stereocenters. The monoisotopic (exact) mass is 440 g/mol. The van der Waals surface area contributed by atoms with E-state index in [0.29, 0.717) is 28.2 Å². The molecule has 12 heteroatoms. The Hall–Kier alpha value is -3.28. The van der Waals surface area contributed by atoms with Crippen LogP contribution in [0.4, 0.5) is 29.5 Å². The molecular weight excluding hydrogens is 421 g/mol. The van der Waals surface area contributed by atoms with Gasteiger partial charge in [0.2, 0.25) is 5.95 Å². The average molecular weight is 440 g/mol. The van der Waals surface area contributed by atoms with Gasteiger partial charge in [0.05, 0.1) is 18.7 Å². The number of hydrogen-bond acceptors (Lipinski definition) is 7. The van der Waals surface area contributed by atoms with Crippen LogP contribution in [0.2, 0.25) is 0 Å². The molecule has 2 aliphatic heterocycles. The minimum Gasteiger partial charge on any atom is -0.491 e. The van der Waals surface area contributed by atoms with Crippen LogP contribution >= 0.6 is 0 Å². The molecule has 4 rings (SSSR count). The Bertz CT molecular complexity index is 1030. The van der Waals surface area contributed by atoms with Gasteiger partial charge in [-0.2, -0.15) is 4.39 Å². The number of alkyl halides is 2. The van der Waals surface area contributed by atoms with E-state index in [0.717, 1.165) is 4.57 Å². The van der Waals surface area contributed by atoms with Crippen LogP contribution < -0.4 is 15.0 Å². The second-order valence-electron chi connectivity index (χ2n) is 7.43. The number of nitrogens with one attached hydrogen (secondary N) is 1. The molecule has 0 bridgehead atoms. The van der Waals surface area contributed by atoms with Crippen molar-refractivity contribution in [2.75, 3.05) is 30.0 Å². The number of halogens is 3. The number of fused-ring (bicyclic) bond motifs is 3. The highest BCUT2D eigenvalue weighted by atomic mass is 19.3. The second kappa shape index (κ2) is 7.76. The van der Waals surface area contributed by atoms with Crippen molar-refractivity contribution in [1.29, 1.82) is 0 Å². The first-order valence-corrected chi connectivity index (χ1v) is 9.40. The first-order chi connectivity index (χ1) is 14.8. The number of aliphatic hydroxyl groups is 1. The Morgan fingerprint density at radius 2 is 2.19 bits per heavy atom. The van der Waals surface area contributed by atoms with E-state index in [1.54, 1.807) is 18.2 Å². The molecule has 1 amide bonds. The second-order valence-corrected chi connectivity index (χ2v) is 7.43. The summed E-state index contributed by atoms with van der Waals surface area (Å²) in [6, 6.07) is 3.05. The van der Waals surface area contributed by atoms with Gasteiger partial charge in [0, 0.05) is 11.8 Å². The summed E-state index contributed by atoms with van der Waals surface area (Å²) in [5.74, 6) is -1.08. The van der Waals surface area contributed by atoms with Gasteiger partial charge < -0.3 is 24.7 Å². The largest absolute Gasteiger partial charge is 0.491 e. The summed E-state index contributed by atoms with van der Waals surface area (Å²) in [6.45, 7) is 0.577. The zero-order chi connectivity index (χ0) is 22.3. The van der Waals surface area contributed by atoms with Crippen molar-refractivity contribution in [1.82, 2.24) is 9.55 Å². The number of anilines is 2. The smallest absolute Gasteiger partial charge is 0.416 e. The summed E-state index contributed by atoms with van der Waals surface area (Å²) >= 11 is 0. The number of rotatable bonds is 6. The molecule has 166 valence electrons. The molecule has 1 saturated heterocycles. The van der Waals surface area contributed by atoms with E-state index in [9.17, 15) is 23.5 Å². The maximum atomic E-state index is 15.1. The number of benzene rings is 1. The Balaban J connectivity index is 1.74. The summed E-state index contributed by atoms with van der Waals surface area (Å²) in [4.78, 5) is 27.9. The van der Waals surface area contributed by atoms with E-state index in [2.05, 4.69) is 15.0 Å². The van der Waals surface area contributed by atoms with Crippen molar-refractivity contribution in [2.24, 2.45) is 0 Å². The van der Waals surface area contributed by atoms with Crippen LogP contribution in [0.3, 0.4) is 0 Å². The van der Waals surface area contributed by atoms with Crippen molar-refractivity contribution in [3.05, 3.63) is 24.1 Å². The van der Waals surface area contributed by atoms with Gasteiger partial charge in [-0.05, 0) is 19.1 Å². The molecule has 2 aromatic rings. The lowest BCUT2D eigenvalue weighted by Gasteiger charge is -2.23. The number of carbonyl (C=O) groups is 2. The summed E-state index contributed by atoms with van der Waals surface area (Å²) in [6.07, 6.45) is -3.46. The van der Waals surface area contributed by atoms with Crippen molar-refractivity contribution in [3.8, 4) is 17.1 Å². The molecule has 0 spiro atoms. The third-order valence-corrected chi connectivity index (χ3v) is 5.13. The quantitative estimate of drug-likeness (QED) is 0.662. The molecule has 1 aromatic heterocycles. The predicted molar refractivity (Wildman–Crippen MR) is 102 cm³/mol. The maximum Gasteiger partial charge on any atom is 0.416 e. The fourth-order valence-electron chi connectivity index (χ4n) is 3.44. The first kappa shape index (κ1) is 21.0. The molecule has 0 aliphatic carbocycles. The highest BCUT2D eigenvalue weighted by Crippen LogP contribution is 2.38. The lowest BCUT2D eigenvalue weighted by atomic mass is 10.1. The van der Waals surface area contributed by atoms with Gasteiger partial charge in [-0.15, -0.1) is 0 Å². The normalized spacial score (nSPS) is 19.7. The van der Waals surface area contributed by atoms with Crippen LogP contribution in [0, 0.1) is 5.95 Å². The van der Waals surface area contributed by atoms with Crippen molar-refractivity contribution < 1.29 is 37.3 Å². The molecular formula is C19H19F3N4O5. The van der Waals surface area contributed by atoms with Gasteiger partial charge in [-0.3, -0.25) is 4.57 Å². The zero-order valence-corrected chi connectivity index (χ0v) is 16.3. The van der Waals surface area contributed by atoms with E-state index in [1.807, 2.05) is 0 Å². The number of hydrogen-bond donors (Lipinski definition) is 2. The number of ether oxygens (including phenoxy) is 2. The number of aldehydes is 1. The van der Waals surface area contributed by atoms with Gasteiger partial charge in [-0.1, -0.05) is 0 Å². The molecule has 31 heavy (non-hydrogen) atoms. The van der Waals surface area contributed by atoms with E-state index in [1.165, 1.54) is 6.92 Å². The number of aliphatic hydroxyl groups excluding tert-OH is 1. The molecule has 0 radical (unpaired) electrons. The molecule has 9 nitrogen and oxygen atoms in total. The molecule has 0 saturated carbocycles. The number of aromatic nitrogens is 2. The third-order valence-electron chi connectivity index (χ3n) is 5.13. The van der Waals surface area contributed by atoms with Crippen molar-refractivity contribution in [3.63, 3.8) is 0 Å². The van der Waals surface area contributed by atoms with Crippen LogP contribution in [-0.2, 0) is 16.1 Å². The van der Waals surface area contributed by atoms with Gasteiger partial charge in [-0.25, -0.2) is 23.5 Å². The first-order valence-electron chi connectivity index (χ1n) is 9.40. The van der Waals surface area contributed by atoms with E-state index >= 15 is 4.39 Å². The standard InChI is InChI=1S/C19H19F3N4O5/c1-19(8-27,9-28)24-10-2-3-11-13(6-10)30-5-4-25-15(22)17(23-16(11)25)26-12(14(20)21)7-31-18(26)29/h2-3,6,8,12,14,24,28H,4-5,7,9H2,1H3/t12-,19-/m0/s1. The molecule has 1 fully saturated rings. The fraction of sp³-hybridized carbons (Fsp3) is 0.421. The molecule has 2 aliphatic rings. The lowest BCUT2D eigenvalue weighted by Crippen LogP contribution is -2.40. The molecule has 0 unspecified atom stereocenters. The topological polar surface area (TPSA) is 106 Å². The summed E-state index contributed by atoms with van der Waals surface area (Å²) in [5.41, 5.74) is -0.382. The Morgan fingerprint density at radius 3 is 2.87 bits per heavy atom. The molecule has 2 N–H and O–H groups in total. The highest BCUT2D eigenvalue weighted by molar-refractivity contribution is 5.90. The SMILES string of the molecule is C[C@](C=O)(CO)Nc1ccc2c(c1)OCCn1c-2nc(N2C(=O)OC[C@H]2C(F)F)c1F. The van der Waals surface area contributed by atoms with Gasteiger partial charge >= 0.3 is 6.09 Å². The van der Waals surface area contributed by atoms with Crippen LogP contribution in [0.1, 0.15) is 6.92 Å². The van der Waals surface area contributed by atoms with Gasteiger partial charge in [0.15, 0.2) is 5.82 Å². The Labute approximate surface area is 174 Å². The number of imidazole rings is 1. The summed E-state index contributed by atoms with van der Waals surface area (Å²) in [5, 5.41) is 12.3. The minimum absolute atomic E-state index is 0.0243. The number of nitrogens with zero attached hydrogens (tertiary/aromatic N) is 3. The Morgan fingerprint density at radius 1 is 1.42 bits per heavy atom. The molecule has 3 heterocycles. The summed E-state index contributed by atoms with van der Waals surface area (Å²) in [7, 11) is 0. The maximum absolute atomic E-state index is 15.1. The Kier molecular flexibility index (Phi) is 5.25. The number of carbonyl (C=O) groups excluding carboxylic acids is 2. The minimum atomic E-state index is -2.93. The van der Waals surface area contributed by atoms with Crippen LogP contribution in [0.15, 0.2) is 18.2 Å². The van der Waals surface area contributed by atoms with Gasteiger partial charge in [0.1, 0.15) is 42.7 Å². The highest BCUT2D eigenvalue weighted by Gasteiger charge is 2.44. The van der Waals surface area contributed by atoms with E-state index in [4.69, 9.17) is 4.74 Å². The van der Waals surface area contributed by atoms with Crippen molar-refractivity contribution >= 4 is 23.9 Å². The zero-order valence-electron chi connectivity index (χ0n) is 16.3. The lowest BCUT2D eigenvalue weighted by molar-refractivity contribution is -0.112. The van der Waals surface area contributed by atoms with E-state index in [-0.39, 0.29) is 19.0 Å². The summed E-state index contributed by atoms with van der Waals surface area (Å²) < 4.78 is 53.2. The molecule has 1 aromatic carbocycles. The fourth-order valence-corrected chi connectivity index (χ4v) is 3.44. The van der Waals surface area contributed by atoms with Gasteiger partial charge in [0.25, 0.3) is 6.43 Å². The van der Waals surface area contributed by atoms with Crippen LogP contribution in [0.25, 0.3) is 11.4 Å². The predicted octanol–water partition coefficient (Wildman–Crippen LogP) is 2.03. The average Bonchev–Trinajstić information content (AvgIpc) is 3.22. The van der Waals surface area contributed by atoms with E-state index < -0.39 is 49.1 Å². The third kappa shape index (κ3) is 3.56.